The van der Waals surface area contributed by atoms with Gasteiger partial charge in [0.25, 0.3) is 0 Å². The highest BCUT2D eigenvalue weighted by atomic mass is 16.6. The number of likely N-dealkylation sites (tertiary alicyclic amines) is 1. The Labute approximate surface area is 159 Å². The van der Waals surface area contributed by atoms with Crippen LogP contribution in [-0.2, 0) is 11.3 Å². The van der Waals surface area contributed by atoms with Crippen LogP contribution in [0.2, 0.25) is 0 Å². The summed E-state index contributed by atoms with van der Waals surface area (Å²) in [4.78, 5) is 17.6. The van der Waals surface area contributed by atoms with E-state index in [1.807, 2.05) is 52.8 Å². The second-order valence-electron chi connectivity index (χ2n) is 7.39. The molecule has 0 saturated carbocycles. The Hall–Kier alpha value is -1.62. The zero-order valence-electron chi connectivity index (χ0n) is 17.7. The lowest BCUT2D eigenvalue weighted by atomic mass is 10.1. The molecule has 1 saturated heterocycles. The molecule has 0 aliphatic carbocycles. The molecule has 0 spiro atoms. The Balaban J connectivity index is 0.000000444. The third kappa shape index (κ3) is 10.4. The maximum absolute atomic E-state index is 11.5. The third-order valence-electron chi connectivity index (χ3n) is 3.59. The van der Waals surface area contributed by atoms with E-state index in [2.05, 4.69) is 18.8 Å². The standard InChI is InChI=1S/C10H19NO2.C9H13NO.C2H6/c1-10(2,3)13-9(12)11-7-5-4-6-8-11;1-7(2)9-5-3-4-8(6-11)10-9;1-2/h4-8H2,1-3H3;3-5,7,11H,6H2,1-2H3;1-2H3. The van der Waals surface area contributed by atoms with Gasteiger partial charge in [0.05, 0.1) is 12.3 Å². The molecule has 0 radical (unpaired) electrons. The maximum Gasteiger partial charge on any atom is 0.410 e. The molecule has 0 unspecified atom stereocenters. The van der Waals surface area contributed by atoms with E-state index in [1.54, 1.807) is 4.90 Å². The van der Waals surface area contributed by atoms with Crippen molar-refractivity contribution in [1.29, 1.82) is 0 Å². The van der Waals surface area contributed by atoms with Crippen LogP contribution < -0.4 is 0 Å². The highest BCUT2D eigenvalue weighted by Gasteiger charge is 2.22. The summed E-state index contributed by atoms with van der Waals surface area (Å²) < 4.78 is 5.26. The minimum Gasteiger partial charge on any atom is -0.444 e. The van der Waals surface area contributed by atoms with Crippen LogP contribution >= 0.6 is 0 Å². The minimum absolute atomic E-state index is 0.0283. The number of aromatic nitrogens is 1. The van der Waals surface area contributed by atoms with Crippen molar-refractivity contribution in [2.75, 3.05) is 13.1 Å². The Morgan fingerprint density at radius 1 is 1.19 bits per heavy atom. The molecule has 1 fully saturated rings. The number of amides is 1. The van der Waals surface area contributed by atoms with Crippen molar-refractivity contribution in [1.82, 2.24) is 9.88 Å². The van der Waals surface area contributed by atoms with Gasteiger partial charge in [-0.2, -0.15) is 0 Å². The quantitative estimate of drug-likeness (QED) is 0.788. The molecule has 1 N–H and O–H groups in total. The minimum atomic E-state index is -0.367. The average Bonchev–Trinajstić information content (AvgIpc) is 2.63. The smallest absolute Gasteiger partial charge is 0.410 e. The number of ether oxygens (including phenoxy) is 1. The fourth-order valence-corrected chi connectivity index (χ4v) is 2.31. The summed E-state index contributed by atoms with van der Waals surface area (Å²) >= 11 is 0. The van der Waals surface area contributed by atoms with Crippen LogP contribution in [0.4, 0.5) is 4.79 Å². The Kier molecular flexibility index (Phi) is 11.9. The second kappa shape index (κ2) is 12.7. The van der Waals surface area contributed by atoms with Gasteiger partial charge in [-0.25, -0.2) is 4.79 Å². The number of aliphatic hydroxyl groups excluding tert-OH is 1. The predicted octanol–water partition coefficient (Wildman–Crippen LogP) is 5.13. The van der Waals surface area contributed by atoms with Crippen molar-refractivity contribution in [2.24, 2.45) is 0 Å². The fraction of sp³-hybridized carbons (Fsp3) is 0.714. The molecule has 2 heterocycles. The normalized spacial score (nSPS) is 14.0. The monoisotopic (exact) mass is 366 g/mol. The fourth-order valence-electron chi connectivity index (χ4n) is 2.31. The van der Waals surface area contributed by atoms with Crippen molar-refractivity contribution in [3.63, 3.8) is 0 Å². The molecular weight excluding hydrogens is 328 g/mol. The van der Waals surface area contributed by atoms with Crippen molar-refractivity contribution < 1.29 is 14.6 Å². The van der Waals surface area contributed by atoms with E-state index in [4.69, 9.17) is 9.84 Å². The lowest BCUT2D eigenvalue weighted by Crippen LogP contribution is -2.39. The highest BCUT2D eigenvalue weighted by molar-refractivity contribution is 5.68. The van der Waals surface area contributed by atoms with E-state index in [9.17, 15) is 4.79 Å². The second-order valence-corrected chi connectivity index (χ2v) is 7.39. The van der Waals surface area contributed by atoms with Gasteiger partial charge in [0, 0.05) is 18.8 Å². The molecule has 0 atom stereocenters. The van der Waals surface area contributed by atoms with Crippen molar-refractivity contribution >= 4 is 6.09 Å². The zero-order chi connectivity index (χ0) is 20.2. The van der Waals surface area contributed by atoms with E-state index in [1.165, 1.54) is 6.42 Å². The maximum atomic E-state index is 11.5. The van der Waals surface area contributed by atoms with Crippen LogP contribution in [0.1, 0.15) is 85.0 Å². The van der Waals surface area contributed by atoms with Crippen LogP contribution in [-0.4, -0.2) is 39.8 Å². The molecule has 1 aromatic rings. The largest absolute Gasteiger partial charge is 0.444 e. The number of piperidine rings is 1. The first-order chi connectivity index (χ1) is 12.2. The zero-order valence-corrected chi connectivity index (χ0v) is 17.7. The van der Waals surface area contributed by atoms with Gasteiger partial charge in [-0.3, -0.25) is 4.98 Å². The van der Waals surface area contributed by atoms with E-state index in [0.717, 1.165) is 37.3 Å². The average molecular weight is 367 g/mol. The molecule has 150 valence electrons. The van der Waals surface area contributed by atoms with Crippen molar-refractivity contribution in [3.05, 3.63) is 29.6 Å². The van der Waals surface area contributed by atoms with Crippen LogP contribution in [0.25, 0.3) is 0 Å². The number of rotatable bonds is 2. The van der Waals surface area contributed by atoms with Crippen LogP contribution in [0.5, 0.6) is 0 Å². The van der Waals surface area contributed by atoms with Crippen LogP contribution in [0, 0.1) is 0 Å². The summed E-state index contributed by atoms with van der Waals surface area (Å²) in [6, 6.07) is 5.73. The van der Waals surface area contributed by atoms with Crippen LogP contribution in [0.3, 0.4) is 0 Å². The van der Waals surface area contributed by atoms with Gasteiger partial charge in [-0.15, -0.1) is 0 Å². The molecule has 5 heteroatoms. The molecule has 2 rings (SSSR count). The first kappa shape index (κ1) is 24.4. The Morgan fingerprint density at radius 3 is 2.23 bits per heavy atom. The Morgan fingerprint density at radius 2 is 1.77 bits per heavy atom. The van der Waals surface area contributed by atoms with Crippen LogP contribution in [0.15, 0.2) is 18.2 Å². The summed E-state index contributed by atoms with van der Waals surface area (Å²) in [6.45, 7) is 15.6. The number of hydrogen-bond donors (Lipinski definition) is 1. The van der Waals surface area contributed by atoms with Crippen molar-refractivity contribution in [3.8, 4) is 0 Å². The molecule has 0 aromatic carbocycles. The summed E-state index contributed by atoms with van der Waals surface area (Å²) in [5, 5.41) is 8.78. The van der Waals surface area contributed by atoms with E-state index >= 15 is 0 Å². The number of hydrogen-bond acceptors (Lipinski definition) is 4. The number of aliphatic hydroxyl groups is 1. The van der Waals surface area contributed by atoms with E-state index in [0.29, 0.717) is 5.92 Å². The molecule has 1 aliphatic heterocycles. The summed E-state index contributed by atoms with van der Waals surface area (Å²) in [7, 11) is 0. The molecule has 1 aromatic heterocycles. The summed E-state index contributed by atoms with van der Waals surface area (Å²) in [6.07, 6.45) is 3.30. The van der Waals surface area contributed by atoms with Gasteiger partial charge in [-0.05, 0) is 58.1 Å². The van der Waals surface area contributed by atoms with Gasteiger partial charge >= 0.3 is 6.09 Å². The Bertz CT molecular complexity index is 504. The first-order valence-corrected chi connectivity index (χ1v) is 9.77. The summed E-state index contributed by atoms with van der Waals surface area (Å²) in [5.41, 5.74) is 1.42. The molecule has 5 nitrogen and oxygen atoms in total. The van der Waals surface area contributed by atoms with Gasteiger partial charge in [0.2, 0.25) is 0 Å². The van der Waals surface area contributed by atoms with E-state index in [-0.39, 0.29) is 18.3 Å². The predicted molar refractivity (Wildman–Crippen MR) is 107 cm³/mol. The SMILES string of the molecule is CC.CC(C)(C)OC(=O)N1CCCCC1.CC(C)c1cccc(CO)n1. The van der Waals surface area contributed by atoms with E-state index < -0.39 is 0 Å². The molecule has 0 bridgehead atoms. The topological polar surface area (TPSA) is 62.7 Å². The van der Waals surface area contributed by atoms with Crippen molar-refractivity contribution in [2.45, 2.75) is 85.9 Å². The van der Waals surface area contributed by atoms with Gasteiger partial charge in [-0.1, -0.05) is 33.8 Å². The summed E-state index contributed by atoms with van der Waals surface area (Å²) in [5.74, 6) is 0.432. The van der Waals surface area contributed by atoms with Gasteiger partial charge < -0.3 is 14.7 Å². The third-order valence-corrected chi connectivity index (χ3v) is 3.59. The van der Waals surface area contributed by atoms with Gasteiger partial charge in [0.15, 0.2) is 0 Å². The highest BCUT2D eigenvalue weighted by Crippen LogP contribution is 2.14. The molecular formula is C21H38N2O3. The lowest BCUT2D eigenvalue weighted by Gasteiger charge is -2.29. The molecule has 1 amide bonds. The number of carbonyl (C=O) groups is 1. The first-order valence-electron chi connectivity index (χ1n) is 9.77. The van der Waals surface area contributed by atoms with Gasteiger partial charge in [0.1, 0.15) is 5.60 Å². The lowest BCUT2D eigenvalue weighted by molar-refractivity contribution is 0.0216. The molecule has 1 aliphatic rings. The molecule has 26 heavy (non-hydrogen) atoms. The number of nitrogens with zero attached hydrogens (tertiary/aromatic N) is 2. The number of carbonyl (C=O) groups excluding carboxylic acids is 1. The number of pyridine rings is 1.